The van der Waals surface area contributed by atoms with Crippen LogP contribution in [0.2, 0.25) is 0 Å². The van der Waals surface area contributed by atoms with Crippen molar-refractivity contribution in [3.8, 4) is 0 Å². The van der Waals surface area contributed by atoms with Gasteiger partial charge in [0.1, 0.15) is 10.9 Å². The van der Waals surface area contributed by atoms with Crippen molar-refractivity contribution in [1.29, 1.82) is 0 Å². The largest absolute Gasteiger partial charge is 0.294 e. The summed E-state index contributed by atoms with van der Waals surface area (Å²) in [6, 6.07) is 1.99. The van der Waals surface area contributed by atoms with Crippen molar-refractivity contribution in [1.82, 2.24) is 14.6 Å². The smallest absolute Gasteiger partial charge is 0.245 e. The summed E-state index contributed by atoms with van der Waals surface area (Å²) in [6.07, 6.45) is 2.93. The molecule has 1 aromatic heterocycles. The van der Waals surface area contributed by atoms with Crippen molar-refractivity contribution in [2.45, 2.75) is 24.3 Å². The van der Waals surface area contributed by atoms with Crippen molar-refractivity contribution in [2.75, 3.05) is 6.54 Å². The van der Waals surface area contributed by atoms with Crippen LogP contribution in [0.15, 0.2) is 29.4 Å². The van der Waals surface area contributed by atoms with Crippen LogP contribution in [0.5, 0.6) is 0 Å². The zero-order valence-electron chi connectivity index (χ0n) is 10.2. The summed E-state index contributed by atoms with van der Waals surface area (Å²) in [5, 5.41) is 2.13. The van der Waals surface area contributed by atoms with Crippen LogP contribution in [0.4, 0.5) is 0 Å². The molecule has 1 fully saturated rings. The number of hydrogen-bond donors (Lipinski definition) is 1. The molecule has 1 saturated heterocycles. The number of sulfonamides is 1. The molecular weight excluding hydrogens is 270 g/mol. The molecule has 2 rings (SSSR count). The number of rotatable bonds is 3. The summed E-state index contributed by atoms with van der Waals surface area (Å²) in [5.74, 6) is -1.21. The highest BCUT2D eigenvalue weighted by Gasteiger charge is 2.40. The average molecular weight is 283 g/mol. The van der Waals surface area contributed by atoms with Crippen LogP contribution in [-0.4, -0.2) is 42.1 Å². The van der Waals surface area contributed by atoms with Crippen LogP contribution in [0.25, 0.3) is 0 Å². The maximum atomic E-state index is 12.4. The molecule has 1 aliphatic heterocycles. The number of hydrogen-bond acceptors (Lipinski definition) is 5. The highest BCUT2D eigenvalue weighted by atomic mass is 32.2. The van der Waals surface area contributed by atoms with Crippen LogP contribution < -0.4 is 5.32 Å². The number of nitrogens with zero attached hydrogens (tertiary/aromatic N) is 2. The number of piperazine rings is 1. The molecule has 0 aliphatic carbocycles. The summed E-state index contributed by atoms with van der Waals surface area (Å²) in [4.78, 5) is 26.8. The first-order chi connectivity index (χ1) is 8.96. The minimum absolute atomic E-state index is 0.0315. The van der Waals surface area contributed by atoms with Crippen molar-refractivity contribution < 1.29 is 18.0 Å². The molecular formula is C11H13N3O4S. The summed E-state index contributed by atoms with van der Waals surface area (Å²) in [5.41, 5.74) is 0. The van der Waals surface area contributed by atoms with E-state index in [-0.39, 0.29) is 11.4 Å². The second kappa shape index (κ2) is 5.06. The van der Waals surface area contributed by atoms with Crippen LogP contribution in [0, 0.1) is 0 Å². The molecule has 0 radical (unpaired) electrons. The van der Waals surface area contributed by atoms with Crippen molar-refractivity contribution in [3.05, 3.63) is 24.5 Å². The highest BCUT2D eigenvalue weighted by molar-refractivity contribution is 7.89. The number of nitrogens with one attached hydrogen (secondary N) is 1. The number of carbonyl (C=O) groups is 2. The highest BCUT2D eigenvalue weighted by Crippen LogP contribution is 2.20. The predicted octanol–water partition coefficient (Wildman–Crippen LogP) is -0.493. The van der Waals surface area contributed by atoms with Gasteiger partial charge in [-0.2, -0.15) is 4.31 Å². The Labute approximate surface area is 110 Å². The topological polar surface area (TPSA) is 96.4 Å². The summed E-state index contributed by atoms with van der Waals surface area (Å²) in [7, 11) is -3.90. The third-order valence-corrected chi connectivity index (χ3v) is 4.68. The average Bonchev–Trinajstić information content (AvgIpc) is 2.39. The van der Waals surface area contributed by atoms with E-state index in [2.05, 4.69) is 10.3 Å². The molecule has 1 N–H and O–H groups in total. The lowest BCUT2D eigenvalue weighted by Gasteiger charge is -2.32. The Balaban J connectivity index is 2.43. The van der Waals surface area contributed by atoms with Gasteiger partial charge in [-0.25, -0.2) is 8.42 Å². The number of imide groups is 1. The fourth-order valence-corrected chi connectivity index (χ4v) is 3.50. The van der Waals surface area contributed by atoms with Gasteiger partial charge in [0, 0.05) is 12.4 Å². The predicted molar refractivity (Wildman–Crippen MR) is 65.4 cm³/mol. The Morgan fingerprint density at radius 1 is 1.47 bits per heavy atom. The molecule has 1 unspecified atom stereocenters. The van der Waals surface area contributed by atoms with E-state index >= 15 is 0 Å². The maximum absolute atomic E-state index is 12.4. The Bertz CT molecular complexity index is 600. The van der Waals surface area contributed by atoms with E-state index in [1.54, 1.807) is 6.92 Å². The molecule has 0 spiro atoms. The molecule has 8 heteroatoms. The van der Waals surface area contributed by atoms with Crippen LogP contribution >= 0.6 is 0 Å². The van der Waals surface area contributed by atoms with Gasteiger partial charge in [0.2, 0.25) is 21.8 Å². The summed E-state index contributed by atoms with van der Waals surface area (Å²) >= 11 is 0. The number of pyridine rings is 1. The van der Waals surface area contributed by atoms with Gasteiger partial charge in [0.05, 0.1) is 6.54 Å². The first kappa shape index (κ1) is 13.6. The number of amides is 2. The van der Waals surface area contributed by atoms with Crippen molar-refractivity contribution in [3.63, 3.8) is 0 Å². The second-order valence-electron chi connectivity index (χ2n) is 4.08. The van der Waals surface area contributed by atoms with Crippen LogP contribution in [0.3, 0.4) is 0 Å². The first-order valence-corrected chi connectivity index (χ1v) is 7.16. The fraction of sp³-hybridized carbons (Fsp3) is 0.364. The fourth-order valence-electron chi connectivity index (χ4n) is 1.92. The molecule has 0 bridgehead atoms. The Kier molecular flexibility index (Phi) is 3.63. The molecule has 7 nitrogen and oxygen atoms in total. The number of aromatic nitrogens is 1. The Morgan fingerprint density at radius 2 is 2.21 bits per heavy atom. The molecule has 0 aromatic carbocycles. The number of carbonyl (C=O) groups excluding carboxylic acids is 2. The maximum Gasteiger partial charge on any atom is 0.245 e. The molecule has 1 atom stereocenters. The normalized spacial score (nSPS) is 21.2. The van der Waals surface area contributed by atoms with Gasteiger partial charge < -0.3 is 0 Å². The molecule has 1 aromatic rings. The van der Waals surface area contributed by atoms with Gasteiger partial charge in [-0.15, -0.1) is 0 Å². The standard InChI is InChI=1S/C11H13N3O4S/c1-2-9-11(16)13-10(15)7-14(9)19(17,18)8-4-3-5-12-6-8/h3-6,9H,2,7H2,1H3,(H,13,15,16). The third kappa shape index (κ3) is 2.49. The zero-order chi connectivity index (χ0) is 14.0. The molecule has 19 heavy (non-hydrogen) atoms. The van der Waals surface area contributed by atoms with Crippen LogP contribution in [0.1, 0.15) is 13.3 Å². The van der Waals surface area contributed by atoms with E-state index in [0.717, 1.165) is 4.31 Å². The molecule has 2 amide bonds. The first-order valence-electron chi connectivity index (χ1n) is 5.72. The van der Waals surface area contributed by atoms with Gasteiger partial charge in [0.25, 0.3) is 0 Å². The van der Waals surface area contributed by atoms with Gasteiger partial charge >= 0.3 is 0 Å². The van der Waals surface area contributed by atoms with Gasteiger partial charge in [-0.3, -0.25) is 19.9 Å². The van der Waals surface area contributed by atoms with Gasteiger partial charge in [-0.1, -0.05) is 6.92 Å². The molecule has 1 aliphatic rings. The van der Waals surface area contributed by atoms with E-state index < -0.39 is 27.9 Å². The van der Waals surface area contributed by atoms with Gasteiger partial charge in [-0.05, 0) is 18.6 Å². The van der Waals surface area contributed by atoms with E-state index in [0.29, 0.717) is 6.42 Å². The van der Waals surface area contributed by atoms with E-state index in [4.69, 9.17) is 0 Å². The van der Waals surface area contributed by atoms with E-state index in [1.807, 2.05) is 0 Å². The van der Waals surface area contributed by atoms with E-state index in [9.17, 15) is 18.0 Å². The third-order valence-electron chi connectivity index (χ3n) is 2.84. The van der Waals surface area contributed by atoms with Crippen LogP contribution in [-0.2, 0) is 19.6 Å². The Hall–Kier alpha value is -1.80. The lowest BCUT2D eigenvalue weighted by molar-refractivity contribution is -0.137. The Morgan fingerprint density at radius 3 is 2.79 bits per heavy atom. The minimum Gasteiger partial charge on any atom is -0.294 e. The SMILES string of the molecule is CCC1C(=O)NC(=O)CN1S(=O)(=O)c1cccnc1. The van der Waals surface area contributed by atoms with E-state index in [1.165, 1.54) is 24.5 Å². The molecule has 0 saturated carbocycles. The molecule has 102 valence electrons. The second-order valence-corrected chi connectivity index (χ2v) is 5.97. The summed E-state index contributed by atoms with van der Waals surface area (Å²) < 4.78 is 25.7. The molecule has 2 heterocycles. The van der Waals surface area contributed by atoms with Gasteiger partial charge in [0.15, 0.2) is 0 Å². The monoisotopic (exact) mass is 283 g/mol. The lowest BCUT2D eigenvalue weighted by atomic mass is 10.2. The zero-order valence-corrected chi connectivity index (χ0v) is 11.1. The van der Waals surface area contributed by atoms with Crippen molar-refractivity contribution in [2.24, 2.45) is 0 Å². The lowest BCUT2D eigenvalue weighted by Crippen LogP contribution is -2.59. The summed E-state index contributed by atoms with van der Waals surface area (Å²) in [6.45, 7) is 1.33. The van der Waals surface area contributed by atoms with Crippen molar-refractivity contribution >= 4 is 21.8 Å². The minimum atomic E-state index is -3.90. The quantitative estimate of drug-likeness (QED) is 0.755.